The number of aliphatic hydroxyl groups excluding tert-OH is 1. The number of methoxy groups -OCH3 is 1. The predicted molar refractivity (Wildman–Crippen MR) is 119 cm³/mol. The van der Waals surface area contributed by atoms with Gasteiger partial charge in [0.2, 0.25) is 5.88 Å². The van der Waals surface area contributed by atoms with Gasteiger partial charge < -0.3 is 19.5 Å². The van der Waals surface area contributed by atoms with E-state index in [-0.39, 0.29) is 47.0 Å². The van der Waals surface area contributed by atoms with Gasteiger partial charge in [0.1, 0.15) is 5.60 Å². The van der Waals surface area contributed by atoms with E-state index in [9.17, 15) is 17.6 Å². The van der Waals surface area contributed by atoms with Crippen LogP contribution in [0.5, 0.6) is 5.88 Å². The molecule has 1 aromatic carbocycles. The number of carbonyl (C=O) groups excluding carboxylic acids is 1. The zero-order chi connectivity index (χ0) is 24.1. The first kappa shape index (κ1) is 25.8. The van der Waals surface area contributed by atoms with Crippen molar-refractivity contribution in [2.45, 2.75) is 44.6 Å². The molecule has 10 heteroatoms. The first-order chi connectivity index (χ1) is 14.9. The highest BCUT2D eigenvalue weighted by atomic mass is 32.2. The van der Waals surface area contributed by atoms with Gasteiger partial charge in [-0.1, -0.05) is 13.0 Å². The molecule has 2 rings (SSSR count). The Morgan fingerprint density at radius 3 is 2.59 bits per heavy atom. The molecule has 1 amide bonds. The average molecular weight is 471 g/mol. The van der Waals surface area contributed by atoms with E-state index in [1.165, 1.54) is 24.1 Å². The molecule has 1 atom stereocenters. The maximum atomic E-state index is 14.6. The number of ether oxygens (including phenoxy) is 2. The second-order valence-corrected chi connectivity index (χ2v) is 10.7. The standard InChI is InChI=1S/C22H31FN2O6S/c1-15(13-25(10-7-11-26)21(27)31-22(2,3)4)14-32(28,29)18-9-6-8-16-19(18)17(23)12-24-20(16)30-5/h6,8-9,12,15,26H,7,10-11,13-14H2,1-5H3. The van der Waals surface area contributed by atoms with E-state index in [4.69, 9.17) is 14.6 Å². The van der Waals surface area contributed by atoms with Crippen LogP contribution in [0.1, 0.15) is 34.1 Å². The van der Waals surface area contributed by atoms with Crippen molar-refractivity contribution in [1.82, 2.24) is 9.88 Å². The number of aliphatic hydroxyl groups is 1. The third kappa shape index (κ3) is 6.52. The number of fused-ring (bicyclic) bond motifs is 1. The number of halogens is 1. The fraction of sp³-hybridized carbons (Fsp3) is 0.545. The molecular formula is C22H31FN2O6S. The summed E-state index contributed by atoms with van der Waals surface area (Å²) in [5, 5.41) is 9.33. The summed E-state index contributed by atoms with van der Waals surface area (Å²) in [5.41, 5.74) is -0.711. The fourth-order valence-corrected chi connectivity index (χ4v) is 5.20. The van der Waals surface area contributed by atoms with Crippen molar-refractivity contribution in [1.29, 1.82) is 0 Å². The Hall–Kier alpha value is -2.46. The SMILES string of the molecule is COc1ncc(F)c2c(S(=O)(=O)CC(C)CN(CCCO)C(=O)OC(C)(C)C)cccc12. The van der Waals surface area contributed by atoms with Crippen molar-refractivity contribution < 1.29 is 32.2 Å². The van der Waals surface area contributed by atoms with Crippen LogP contribution in [0.25, 0.3) is 10.8 Å². The third-order valence-electron chi connectivity index (χ3n) is 4.59. The molecule has 0 saturated heterocycles. The van der Waals surface area contributed by atoms with Crippen LogP contribution in [-0.2, 0) is 14.6 Å². The summed E-state index contributed by atoms with van der Waals surface area (Å²) in [5.74, 6) is -1.42. The summed E-state index contributed by atoms with van der Waals surface area (Å²) in [6, 6.07) is 4.41. The maximum absolute atomic E-state index is 14.6. The molecule has 0 aliphatic carbocycles. The molecule has 1 heterocycles. The molecule has 0 aliphatic heterocycles. The summed E-state index contributed by atoms with van der Waals surface area (Å²) in [7, 11) is -2.54. The molecule has 2 aromatic rings. The molecule has 1 unspecified atom stereocenters. The largest absolute Gasteiger partial charge is 0.481 e. The minimum Gasteiger partial charge on any atom is -0.481 e. The van der Waals surface area contributed by atoms with Crippen LogP contribution in [0.2, 0.25) is 0 Å². The van der Waals surface area contributed by atoms with Gasteiger partial charge in [0.05, 0.1) is 24.0 Å². The topological polar surface area (TPSA) is 106 Å². The molecule has 1 aromatic heterocycles. The molecule has 178 valence electrons. The van der Waals surface area contributed by atoms with Gasteiger partial charge in [-0.05, 0) is 45.2 Å². The van der Waals surface area contributed by atoms with Crippen molar-refractivity contribution in [2.24, 2.45) is 5.92 Å². The monoisotopic (exact) mass is 470 g/mol. The lowest BCUT2D eigenvalue weighted by atomic mass is 10.1. The predicted octanol–water partition coefficient (Wildman–Crippen LogP) is 3.41. The lowest BCUT2D eigenvalue weighted by Gasteiger charge is -2.29. The molecule has 0 saturated carbocycles. The van der Waals surface area contributed by atoms with Crippen LogP contribution in [0, 0.1) is 11.7 Å². The molecule has 0 spiro atoms. The van der Waals surface area contributed by atoms with Crippen LogP contribution in [-0.4, -0.2) is 67.7 Å². The molecule has 0 bridgehead atoms. The summed E-state index contributed by atoms with van der Waals surface area (Å²) in [6.07, 6.45) is 0.685. The smallest absolute Gasteiger partial charge is 0.410 e. The van der Waals surface area contributed by atoms with Crippen LogP contribution in [0.3, 0.4) is 0 Å². The molecule has 0 aliphatic rings. The molecule has 8 nitrogen and oxygen atoms in total. The Kier molecular flexibility index (Phi) is 8.41. The lowest BCUT2D eigenvalue weighted by molar-refractivity contribution is 0.0219. The highest BCUT2D eigenvalue weighted by molar-refractivity contribution is 7.91. The average Bonchev–Trinajstić information content (AvgIpc) is 2.69. The Labute approximate surface area is 188 Å². The summed E-state index contributed by atoms with van der Waals surface area (Å²) in [4.78, 5) is 17.6. The first-order valence-corrected chi connectivity index (χ1v) is 12.0. The molecule has 0 fully saturated rings. The van der Waals surface area contributed by atoms with E-state index < -0.39 is 33.3 Å². The Bertz CT molecular complexity index is 1050. The van der Waals surface area contributed by atoms with Crippen LogP contribution >= 0.6 is 0 Å². The number of rotatable bonds is 9. The number of hydrogen-bond donors (Lipinski definition) is 1. The number of pyridine rings is 1. The van der Waals surface area contributed by atoms with Gasteiger partial charge in [-0.2, -0.15) is 0 Å². The first-order valence-electron chi connectivity index (χ1n) is 10.3. The van der Waals surface area contributed by atoms with Gasteiger partial charge in [-0.15, -0.1) is 0 Å². The van der Waals surface area contributed by atoms with Crippen molar-refractivity contribution in [3.8, 4) is 5.88 Å². The van der Waals surface area contributed by atoms with Gasteiger partial charge in [0.25, 0.3) is 0 Å². The van der Waals surface area contributed by atoms with Crippen LogP contribution < -0.4 is 4.74 Å². The number of carbonyl (C=O) groups is 1. The van der Waals surface area contributed by atoms with Gasteiger partial charge in [-0.25, -0.2) is 22.6 Å². The van der Waals surface area contributed by atoms with Gasteiger partial charge in [0.15, 0.2) is 15.7 Å². The Morgan fingerprint density at radius 2 is 2.00 bits per heavy atom. The number of amides is 1. The van der Waals surface area contributed by atoms with Crippen molar-refractivity contribution >= 4 is 26.7 Å². The van der Waals surface area contributed by atoms with Crippen molar-refractivity contribution in [3.05, 3.63) is 30.2 Å². The van der Waals surface area contributed by atoms with E-state index in [2.05, 4.69) is 4.98 Å². The van der Waals surface area contributed by atoms with E-state index in [1.807, 2.05) is 0 Å². The summed E-state index contributed by atoms with van der Waals surface area (Å²) < 4.78 is 51.5. The molecular weight excluding hydrogens is 439 g/mol. The lowest BCUT2D eigenvalue weighted by Crippen LogP contribution is -2.41. The Balaban J connectivity index is 2.30. The second kappa shape index (κ2) is 10.4. The van der Waals surface area contributed by atoms with E-state index in [0.717, 1.165) is 6.20 Å². The zero-order valence-electron chi connectivity index (χ0n) is 19.1. The van der Waals surface area contributed by atoms with E-state index in [0.29, 0.717) is 6.42 Å². The van der Waals surface area contributed by atoms with E-state index in [1.54, 1.807) is 33.8 Å². The number of hydrogen-bond acceptors (Lipinski definition) is 7. The minimum atomic E-state index is -3.91. The molecule has 1 N–H and O–H groups in total. The highest BCUT2D eigenvalue weighted by Crippen LogP contribution is 2.32. The van der Waals surface area contributed by atoms with Gasteiger partial charge in [-0.3, -0.25) is 0 Å². The number of nitrogens with zero attached hydrogens (tertiary/aromatic N) is 2. The van der Waals surface area contributed by atoms with Crippen LogP contribution in [0.15, 0.2) is 29.3 Å². The van der Waals surface area contributed by atoms with Gasteiger partial charge in [0, 0.05) is 30.5 Å². The number of sulfone groups is 1. The third-order valence-corrected chi connectivity index (χ3v) is 6.61. The number of benzene rings is 1. The van der Waals surface area contributed by atoms with Crippen LogP contribution in [0.4, 0.5) is 9.18 Å². The zero-order valence-corrected chi connectivity index (χ0v) is 19.9. The molecule has 0 radical (unpaired) electrons. The van der Waals surface area contributed by atoms with E-state index >= 15 is 0 Å². The van der Waals surface area contributed by atoms with Crippen molar-refractivity contribution in [3.63, 3.8) is 0 Å². The fourth-order valence-electron chi connectivity index (χ4n) is 3.37. The quantitative estimate of drug-likeness (QED) is 0.599. The summed E-state index contributed by atoms with van der Waals surface area (Å²) in [6.45, 7) is 7.12. The number of aromatic nitrogens is 1. The maximum Gasteiger partial charge on any atom is 0.410 e. The molecule has 32 heavy (non-hydrogen) atoms. The highest BCUT2D eigenvalue weighted by Gasteiger charge is 2.28. The van der Waals surface area contributed by atoms with Crippen molar-refractivity contribution in [2.75, 3.05) is 32.6 Å². The van der Waals surface area contributed by atoms with Gasteiger partial charge >= 0.3 is 6.09 Å². The summed E-state index contributed by atoms with van der Waals surface area (Å²) >= 11 is 0. The Morgan fingerprint density at radius 1 is 1.31 bits per heavy atom. The minimum absolute atomic E-state index is 0.0733. The second-order valence-electron chi connectivity index (χ2n) is 8.68. The normalized spacial score (nSPS) is 13.1.